The van der Waals surface area contributed by atoms with Crippen molar-refractivity contribution in [1.82, 2.24) is 20.1 Å². The zero-order chi connectivity index (χ0) is 12.4. The summed E-state index contributed by atoms with van der Waals surface area (Å²) in [7, 11) is 0. The highest BCUT2D eigenvalue weighted by Crippen LogP contribution is 2.23. The maximum Gasteiger partial charge on any atom is 0.150 e. The SMILES string of the molecule is Cc1nnc(C2CCCCN2)n1CC1CCCO1. The van der Waals surface area contributed by atoms with E-state index in [9.17, 15) is 0 Å². The fourth-order valence-corrected chi connectivity index (χ4v) is 2.94. The summed E-state index contributed by atoms with van der Waals surface area (Å²) in [6.07, 6.45) is 6.42. The van der Waals surface area contributed by atoms with Gasteiger partial charge < -0.3 is 14.6 Å². The molecule has 1 aromatic rings. The normalized spacial score (nSPS) is 28.7. The van der Waals surface area contributed by atoms with Crippen LogP contribution in [0.15, 0.2) is 0 Å². The number of aryl methyl sites for hydroxylation is 1. The maximum absolute atomic E-state index is 5.73. The molecule has 2 unspecified atom stereocenters. The van der Waals surface area contributed by atoms with Gasteiger partial charge in [-0.3, -0.25) is 0 Å². The molecular formula is C13H22N4O. The second-order valence-electron chi connectivity index (χ2n) is 5.35. The summed E-state index contributed by atoms with van der Waals surface area (Å²) in [6.45, 7) is 4.94. The fourth-order valence-electron chi connectivity index (χ4n) is 2.94. The van der Waals surface area contributed by atoms with Gasteiger partial charge in [-0.1, -0.05) is 6.42 Å². The molecule has 3 rings (SSSR count). The van der Waals surface area contributed by atoms with E-state index in [1.54, 1.807) is 0 Å². The lowest BCUT2D eigenvalue weighted by Gasteiger charge is -2.24. The number of piperidine rings is 1. The minimum atomic E-state index is 0.349. The summed E-state index contributed by atoms with van der Waals surface area (Å²) in [4.78, 5) is 0. The second-order valence-corrected chi connectivity index (χ2v) is 5.35. The molecular weight excluding hydrogens is 228 g/mol. The van der Waals surface area contributed by atoms with Gasteiger partial charge in [0, 0.05) is 6.61 Å². The van der Waals surface area contributed by atoms with Crippen molar-refractivity contribution in [2.75, 3.05) is 13.2 Å². The Morgan fingerprint density at radius 2 is 2.22 bits per heavy atom. The summed E-state index contributed by atoms with van der Waals surface area (Å²) < 4.78 is 7.98. The van der Waals surface area contributed by atoms with E-state index in [2.05, 4.69) is 20.1 Å². The van der Waals surface area contributed by atoms with Crippen molar-refractivity contribution in [2.45, 2.75) is 57.7 Å². The van der Waals surface area contributed by atoms with E-state index in [-0.39, 0.29) is 0 Å². The van der Waals surface area contributed by atoms with E-state index in [1.165, 1.54) is 25.7 Å². The number of hydrogen-bond acceptors (Lipinski definition) is 4. The molecule has 0 radical (unpaired) electrons. The van der Waals surface area contributed by atoms with Gasteiger partial charge in [-0.05, 0) is 39.2 Å². The van der Waals surface area contributed by atoms with Crippen LogP contribution in [0.25, 0.3) is 0 Å². The van der Waals surface area contributed by atoms with Crippen molar-refractivity contribution in [3.8, 4) is 0 Å². The zero-order valence-electron chi connectivity index (χ0n) is 11.1. The predicted molar refractivity (Wildman–Crippen MR) is 68.3 cm³/mol. The highest BCUT2D eigenvalue weighted by atomic mass is 16.5. The van der Waals surface area contributed by atoms with Gasteiger partial charge in [0.1, 0.15) is 11.6 Å². The summed E-state index contributed by atoms with van der Waals surface area (Å²) in [5, 5.41) is 12.2. The Morgan fingerprint density at radius 3 is 2.94 bits per heavy atom. The Hall–Kier alpha value is -0.940. The number of aromatic nitrogens is 3. The van der Waals surface area contributed by atoms with Crippen LogP contribution in [0.3, 0.4) is 0 Å². The number of nitrogens with one attached hydrogen (secondary N) is 1. The van der Waals surface area contributed by atoms with Gasteiger partial charge in [0.2, 0.25) is 0 Å². The molecule has 0 spiro atoms. The maximum atomic E-state index is 5.73. The van der Waals surface area contributed by atoms with Crippen molar-refractivity contribution in [2.24, 2.45) is 0 Å². The third-order valence-corrected chi connectivity index (χ3v) is 4.00. The second kappa shape index (κ2) is 5.36. The van der Waals surface area contributed by atoms with Gasteiger partial charge in [0.25, 0.3) is 0 Å². The van der Waals surface area contributed by atoms with Crippen LogP contribution in [-0.2, 0) is 11.3 Å². The van der Waals surface area contributed by atoms with Crippen LogP contribution < -0.4 is 5.32 Å². The Bertz CT molecular complexity index is 392. The first-order chi connectivity index (χ1) is 8.84. The van der Waals surface area contributed by atoms with Crippen LogP contribution in [0.5, 0.6) is 0 Å². The molecule has 2 aliphatic rings. The average molecular weight is 250 g/mol. The molecule has 0 bridgehead atoms. The molecule has 0 aromatic carbocycles. The summed E-state index contributed by atoms with van der Waals surface area (Å²) >= 11 is 0. The molecule has 0 aliphatic carbocycles. The topological polar surface area (TPSA) is 52.0 Å². The van der Waals surface area contributed by atoms with Crippen LogP contribution in [0.2, 0.25) is 0 Å². The molecule has 5 heteroatoms. The first kappa shape index (κ1) is 12.1. The van der Waals surface area contributed by atoms with Crippen LogP contribution in [-0.4, -0.2) is 34.0 Å². The first-order valence-electron chi connectivity index (χ1n) is 7.09. The predicted octanol–water partition coefficient (Wildman–Crippen LogP) is 1.58. The fraction of sp³-hybridized carbons (Fsp3) is 0.846. The van der Waals surface area contributed by atoms with Gasteiger partial charge in [0.15, 0.2) is 0 Å². The average Bonchev–Trinajstić information content (AvgIpc) is 3.03. The quantitative estimate of drug-likeness (QED) is 0.885. The molecule has 3 heterocycles. The minimum absolute atomic E-state index is 0.349. The molecule has 2 aliphatic heterocycles. The van der Waals surface area contributed by atoms with E-state index >= 15 is 0 Å². The van der Waals surface area contributed by atoms with Crippen molar-refractivity contribution < 1.29 is 4.74 Å². The number of nitrogens with zero attached hydrogens (tertiary/aromatic N) is 3. The van der Waals surface area contributed by atoms with Gasteiger partial charge in [-0.25, -0.2) is 0 Å². The van der Waals surface area contributed by atoms with E-state index in [0.717, 1.165) is 37.8 Å². The van der Waals surface area contributed by atoms with Gasteiger partial charge in [0.05, 0.1) is 18.7 Å². The smallest absolute Gasteiger partial charge is 0.150 e. The van der Waals surface area contributed by atoms with Crippen LogP contribution in [0.1, 0.15) is 49.8 Å². The standard InChI is InChI=1S/C13H22N4O/c1-10-15-16-13(12-6-2-3-7-14-12)17(10)9-11-5-4-8-18-11/h11-12,14H,2-9H2,1H3. The largest absolute Gasteiger partial charge is 0.376 e. The lowest BCUT2D eigenvalue weighted by molar-refractivity contribution is 0.0950. The van der Waals surface area contributed by atoms with Crippen molar-refractivity contribution >= 4 is 0 Å². The Labute approximate surface area is 108 Å². The first-order valence-corrected chi connectivity index (χ1v) is 7.09. The molecule has 0 amide bonds. The Morgan fingerprint density at radius 1 is 1.28 bits per heavy atom. The highest BCUT2D eigenvalue weighted by molar-refractivity contribution is 5.02. The van der Waals surface area contributed by atoms with Crippen molar-refractivity contribution in [3.63, 3.8) is 0 Å². The van der Waals surface area contributed by atoms with E-state index in [4.69, 9.17) is 4.74 Å². The molecule has 18 heavy (non-hydrogen) atoms. The van der Waals surface area contributed by atoms with E-state index in [0.29, 0.717) is 12.1 Å². The molecule has 1 N–H and O–H groups in total. The Balaban J connectivity index is 1.76. The molecule has 2 atom stereocenters. The molecule has 5 nitrogen and oxygen atoms in total. The lowest BCUT2D eigenvalue weighted by Crippen LogP contribution is -2.30. The zero-order valence-corrected chi connectivity index (χ0v) is 11.1. The van der Waals surface area contributed by atoms with Gasteiger partial charge in [-0.15, -0.1) is 10.2 Å². The number of hydrogen-bond donors (Lipinski definition) is 1. The van der Waals surface area contributed by atoms with Crippen LogP contribution in [0, 0.1) is 6.92 Å². The van der Waals surface area contributed by atoms with Crippen LogP contribution in [0.4, 0.5) is 0 Å². The van der Waals surface area contributed by atoms with E-state index in [1.807, 2.05) is 6.92 Å². The summed E-state index contributed by atoms with van der Waals surface area (Å²) in [6, 6.07) is 0.376. The molecule has 1 aromatic heterocycles. The summed E-state index contributed by atoms with van der Waals surface area (Å²) in [5.74, 6) is 2.11. The third kappa shape index (κ3) is 2.42. The van der Waals surface area contributed by atoms with Gasteiger partial charge >= 0.3 is 0 Å². The molecule has 0 saturated carbocycles. The highest BCUT2D eigenvalue weighted by Gasteiger charge is 2.24. The number of rotatable bonds is 3. The van der Waals surface area contributed by atoms with E-state index < -0.39 is 0 Å². The third-order valence-electron chi connectivity index (χ3n) is 4.00. The number of ether oxygens (including phenoxy) is 1. The Kier molecular flexibility index (Phi) is 3.61. The van der Waals surface area contributed by atoms with Crippen molar-refractivity contribution in [1.29, 1.82) is 0 Å². The van der Waals surface area contributed by atoms with Gasteiger partial charge in [-0.2, -0.15) is 0 Å². The molecule has 100 valence electrons. The van der Waals surface area contributed by atoms with Crippen LogP contribution >= 0.6 is 0 Å². The lowest BCUT2D eigenvalue weighted by atomic mass is 10.0. The molecule has 2 fully saturated rings. The minimum Gasteiger partial charge on any atom is -0.376 e. The monoisotopic (exact) mass is 250 g/mol. The molecule has 2 saturated heterocycles. The van der Waals surface area contributed by atoms with Crippen molar-refractivity contribution in [3.05, 3.63) is 11.6 Å². The summed E-state index contributed by atoms with van der Waals surface area (Å²) in [5.41, 5.74) is 0.